The Labute approximate surface area is 109 Å². The molecule has 1 rings (SSSR count). The molecule has 0 spiro atoms. The fourth-order valence-electron chi connectivity index (χ4n) is 1.21. The maximum atomic E-state index is 13.2. The first-order valence-corrected chi connectivity index (χ1v) is 5.10. The summed E-state index contributed by atoms with van der Waals surface area (Å²) >= 11 is 0. The minimum absolute atomic E-state index is 0. The van der Waals surface area contributed by atoms with Crippen molar-refractivity contribution in [3.8, 4) is 0 Å². The third-order valence-electron chi connectivity index (χ3n) is 2.17. The molecule has 0 radical (unpaired) electrons. The summed E-state index contributed by atoms with van der Waals surface area (Å²) in [6.45, 7) is 2.00. The second-order valence-electron chi connectivity index (χ2n) is 3.74. The van der Waals surface area contributed by atoms with Crippen LogP contribution in [0.25, 0.3) is 0 Å². The van der Waals surface area contributed by atoms with Gasteiger partial charge in [-0.05, 0) is 25.5 Å². The van der Waals surface area contributed by atoms with E-state index in [2.05, 4.69) is 5.32 Å². The molecule has 0 saturated carbocycles. The number of nitrogens with two attached hydrogens (primary N) is 1. The highest BCUT2D eigenvalue weighted by Crippen LogP contribution is 2.14. The van der Waals surface area contributed by atoms with Gasteiger partial charge in [0.25, 0.3) is 5.91 Å². The van der Waals surface area contributed by atoms with Crippen LogP contribution in [0.5, 0.6) is 0 Å². The zero-order chi connectivity index (χ0) is 13.0. The van der Waals surface area contributed by atoms with Gasteiger partial charge in [0.05, 0.1) is 5.56 Å². The molecule has 1 aromatic carbocycles. The minimum atomic E-state index is -1.65. The lowest BCUT2D eigenvalue weighted by Crippen LogP contribution is -2.29. The molecule has 0 aliphatic rings. The minimum Gasteiger partial charge on any atom is -0.352 e. The number of hydrogen-bond donors (Lipinski definition) is 2. The van der Waals surface area contributed by atoms with Crippen molar-refractivity contribution in [2.75, 3.05) is 6.54 Å². The van der Waals surface area contributed by atoms with Gasteiger partial charge in [-0.2, -0.15) is 0 Å². The summed E-state index contributed by atoms with van der Waals surface area (Å²) in [5, 5.41) is 2.37. The van der Waals surface area contributed by atoms with Crippen LogP contribution in [0.15, 0.2) is 12.1 Å². The predicted molar refractivity (Wildman–Crippen MR) is 64.2 cm³/mol. The number of carbonyl (C=O) groups is 1. The highest BCUT2D eigenvalue weighted by Gasteiger charge is 2.18. The molecule has 0 aliphatic heterocycles. The molecule has 3 N–H and O–H groups in total. The molecule has 7 heteroatoms. The van der Waals surface area contributed by atoms with Crippen molar-refractivity contribution in [1.82, 2.24) is 5.32 Å². The average Bonchev–Trinajstić information content (AvgIpc) is 2.25. The van der Waals surface area contributed by atoms with E-state index in [9.17, 15) is 18.0 Å². The van der Waals surface area contributed by atoms with Crippen molar-refractivity contribution in [2.45, 2.75) is 19.4 Å². The van der Waals surface area contributed by atoms with Crippen LogP contribution in [-0.2, 0) is 0 Å². The number of halogens is 4. The van der Waals surface area contributed by atoms with E-state index in [1.54, 1.807) is 6.92 Å². The fraction of sp³-hybridized carbons (Fsp3) is 0.364. The van der Waals surface area contributed by atoms with Crippen molar-refractivity contribution in [2.24, 2.45) is 5.73 Å². The van der Waals surface area contributed by atoms with Crippen LogP contribution in [0.4, 0.5) is 13.2 Å². The Hall–Kier alpha value is -1.27. The third kappa shape index (κ3) is 4.19. The van der Waals surface area contributed by atoms with Gasteiger partial charge in [-0.25, -0.2) is 13.2 Å². The Bertz CT molecular complexity index is 427. The van der Waals surface area contributed by atoms with Crippen molar-refractivity contribution < 1.29 is 18.0 Å². The van der Waals surface area contributed by atoms with Crippen LogP contribution >= 0.6 is 12.4 Å². The van der Waals surface area contributed by atoms with Crippen LogP contribution in [0.2, 0.25) is 0 Å². The van der Waals surface area contributed by atoms with Crippen molar-refractivity contribution >= 4 is 18.3 Å². The van der Waals surface area contributed by atoms with Crippen LogP contribution in [0.3, 0.4) is 0 Å². The Morgan fingerprint density at radius 2 is 1.94 bits per heavy atom. The number of amides is 1. The summed E-state index contributed by atoms with van der Waals surface area (Å²) in [6.07, 6.45) is 0.511. The van der Waals surface area contributed by atoms with Crippen molar-refractivity contribution in [1.29, 1.82) is 0 Å². The SMILES string of the molecule is CC(N)CCNC(=O)c1ccc(F)c(F)c1F.Cl. The maximum Gasteiger partial charge on any atom is 0.254 e. The summed E-state index contributed by atoms with van der Waals surface area (Å²) < 4.78 is 38.7. The molecule has 0 saturated heterocycles. The number of rotatable bonds is 4. The number of carbonyl (C=O) groups excluding carboxylic acids is 1. The molecular weight excluding hydrogens is 269 g/mol. The molecule has 1 unspecified atom stereocenters. The quantitative estimate of drug-likeness (QED) is 0.830. The molecule has 0 aliphatic carbocycles. The van der Waals surface area contributed by atoms with E-state index in [-0.39, 0.29) is 25.0 Å². The van der Waals surface area contributed by atoms with Gasteiger partial charge < -0.3 is 11.1 Å². The largest absolute Gasteiger partial charge is 0.352 e. The van der Waals surface area contributed by atoms with Gasteiger partial charge >= 0.3 is 0 Å². The van der Waals surface area contributed by atoms with Gasteiger partial charge in [0.2, 0.25) is 0 Å². The molecule has 0 aromatic heterocycles. The van der Waals surface area contributed by atoms with Gasteiger partial charge in [-0.1, -0.05) is 0 Å². The lowest BCUT2D eigenvalue weighted by Gasteiger charge is -2.08. The summed E-state index contributed by atoms with van der Waals surface area (Å²) in [5.41, 5.74) is 4.94. The topological polar surface area (TPSA) is 55.1 Å². The predicted octanol–water partition coefficient (Wildman–Crippen LogP) is 1.99. The second-order valence-corrected chi connectivity index (χ2v) is 3.74. The van der Waals surface area contributed by atoms with E-state index in [0.717, 1.165) is 6.07 Å². The zero-order valence-electron chi connectivity index (χ0n) is 9.67. The lowest BCUT2D eigenvalue weighted by molar-refractivity contribution is 0.0947. The average molecular weight is 283 g/mol. The molecule has 102 valence electrons. The Kier molecular flexibility index (Phi) is 6.72. The second kappa shape index (κ2) is 7.23. The van der Waals surface area contributed by atoms with Gasteiger partial charge in [0.15, 0.2) is 17.5 Å². The lowest BCUT2D eigenvalue weighted by atomic mass is 10.1. The van der Waals surface area contributed by atoms with E-state index >= 15 is 0 Å². The Morgan fingerprint density at radius 1 is 1.33 bits per heavy atom. The van der Waals surface area contributed by atoms with Gasteiger partial charge in [0.1, 0.15) is 0 Å². The first-order chi connectivity index (χ1) is 7.93. The normalized spacial score (nSPS) is 11.6. The molecule has 0 bridgehead atoms. The Balaban J connectivity index is 0.00000289. The Morgan fingerprint density at radius 3 is 2.50 bits per heavy atom. The summed E-state index contributed by atoms with van der Waals surface area (Å²) in [4.78, 5) is 11.4. The highest BCUT2D eigenvalue weighted by atomic mass is 35.5. The van der Waals surface area contributed by atoms with E-state index in [0.29, 0.717) is 12.5 Å². The van der Waals surface area contributed by atoms with E-state index in [1.807, 2.05) is 0 Å². The summed E-state index contributed by atoms with van der Waals surface area (Å²) in [6, 6.07) is 1.50. The summed E-state index contributed by atoms with van der Waals surface area (Å²) in [5.74, 6) is -5.25. The molecule has 1 amide bonds. The van der Waals surface area contributed by atoms with Gasteiger partial charge in [-0.3, -0.25) is 4.79 Å². The number of hydrogen-bond acceptors (Lipinski definition) is 2. The van der Waals surface area contributed by atoms with Gasteiger partial charge in [0, 0.05) is 12.6 Å². The monoisotopic (exact) mass is 282 g/mol. The maximum absolute atomic E-state index is 13.2. The zero-order valence-corrected chi connectivity index (χ0v) is 10.5. The van der Waals surface area contributed by atoms with Crippen LogP contribution in [0, 0.1) is 17.5 Å². The smallest absolute Gasteiger partial charge is 0.254 e. The molecule has 0 heterocycles. The summed E-state index contributed by atoms with van der Waals surface area (Å²) in [7, 11) is 0. The first kappa shape index (κ1) is 16.7. The van der Waals surface area contributed by atoms with Gasteiger partial charge in [-0.15, -0.1) is 12.4 Å². The first-order valence-electron chi connectivity index (χ1n) is 5.10. The van der Waals surface area contributed by atoms with Crippen molar-refractivity contribution in [3.05, 3.63) is 35.1 Å². The molecule has 18 heavy (non-hydrogen) atoms. The van der Waals surface area contributed by atoms with Crippen LogP contribution < -0.4 is 11.1 Å². The molecular formula is C11H14ClF3N2O. The molecule has 0 fully saturated rings. The molecule has 1 atom stereocenters. The van der Waals surface area contributed by atoms with E-state index in [1.165, 1.54) is 0 Å². The standard InChI is InChI=1S/C11H13F3N2O.ClH/c1-6(15)4-5-16-11(17)7-2-3-8(12)10(14)9(7)13;/h2-3,6H,4-5,15H2,1H3,(H,16,17);1H. The van der Waals surface area contributed by atoms with Crippen LogP contribution in [-0.4, -0.2) is 18.5 Å². The van der Waals surface area contributed by atoms with E-state index < -0.39 is 28.9 Å². The van der Waals surface area contributed by atoms with E-state index in [4.69, 9.17) is 5.73 Å². The molecule has 3 nitrogen and oxygen atoms in total. The molecule has 1 aromatic rings. The number of benzene rings is 1. The van der Waals surface area contributed by atoms with Crippen LogP contribution in [0.1, 0.15) is 23.7 Å². The third-order valence-corrected chi connectivity index (χ3v) is 2.17. The number of nitrogens with one attached hydrogen (secondary N) is 1. The van der Waals surface area contributed by atoms with Crippen molar-refractivity contribution in [3.63, 3.8) is 0 Å². The highest BCUT2D eigenvalue weighted by molar-refractivity contribution is 5.94. The fourth-order valence-corrected chi connectivity index (χ4v) is 1.21.